The Morgan fingerprint density at radius 1 is 0.500 bits per heavy atom. The molecule has 14 N–H and O–H groups in total. The van der Waals surface area contributed by atoms with Crippen LogP contribution in [-0.2, 0) is 52.3 Å². The standard InChI is InChI=1S/C33H57N3O22/c1-10-27(56-33-26(50)25(49)22(46)16(8-40)54-33)24(48)19(35-12(3)43)30(51-10)58-29-20(36-13(4)44)32(52-14(5-37)6-38)55-17(9-41)28(29)57-31-18(34-11(2)42)23(47)21(45)15(7-39)53-31/h10,14-33,37-41,45-50H,5-9H2,1-4H3,(H,34,42)(H,35,43)(H,36,44)/t10-,15+,16+,17+,18+,19-,20+,21+,22+,23+,24-,25-,26+,27+,28+,29+,30-,31-,32+,33-/m0/s1. The number of carbonyl (C=O) groups is 3. The minimum atomic E-state index is -1.88. The Morgan fingerprint density at radius 3 is 1.45 bits per heavy atom. The van der Waals surface area contributed by atoms with Crippen molar-refractivity contribution in [1.29, 1.82) is 0 Å². The highest BCUT2D eigenvalue weighted by atomic mass is 16.8. The van der Waals surface area contributed by atoms with Crippen LogP contribution in [0, 0.1) is 0 Å². The van der Waals surface area contributed by atoms with Gasteiger partial charge >= 0.3 is 0 Å². The van der Waals surface area contributed by atoms with Gasteiger partial charge in [0.05, 0.1) is 39.1 Å². The number of ether oxygens (including phenoxy) is 8. The van der Waals surface area contributed by atoms with Gasteiger partial charge in [-0.2, -0.15) is 0 Å². The summed E-state index contributed by atoms with van der Waals surface area (Å²) in [6.45, 7) is 0.655. The maximum Gasteiger partial charge on any atom is 0.217 e. The van der Waals surface area contributed by atoms with Gasteiger partial charge in [-0.3, -0.25) is 14.4 Å². The highest BCUT2D eigenvalue weighted by molar-refractivity contribution is 5.74. The van der Waals surface area contributed by atoms with Crippen LogP contribution in [-0.4, -0.2) is 236 Å². The number of hydrogen-bond donors (Lipinski definition) is 14. The number of nitrogens with one attached hydrogen (secondary N) is 3. The summed E-state index contributed by atoms with van der Waals surface area (Å²) >= 11 is 0. The molecule has 4 rings (SSSR count). The van der Waals surface area contributed by atoms with Gasteiger partial charge in [0, 0.05) is 20.8 Å². The van der Waals surface area contributed by atoms with Crippen LogP contribution in [0.2, 0.25) is 0 Å². The highest BCUT2D eigenvalue weighted by Gasteiger charge is 2.56. The number of amides is 3. The molecule has 4 aliphatic heterocycles. The first-order valence-corrected chi connectivity index (χ1v) is 18.6. The number of carbonyl (C=O) groups excluding carboxylic acids is 3. The van der Waals surface area contributed by atoms with Crippen LogP contribution in [0.5, 0.6) is 0 Å². The largest absolute Gasteiger partial charge is 0.394 e. The summed E-state index contributed by atoms with van der Waals surface area (Å²) < 4.78 is 47.5. The Morgan fingerprint density at radius 2 is 0.931 bits per heavy atom. The molecule has 0 radical (unpaired) electrons. The fourth-order valence-electron chi connectivity index (χ4n) is 7.16. The van der Waals surface area contributed by atoms with Crippen LogP contribution < -0.4 is 16.0 Å². The second kappa shape index (κ2) is 21.4. The quantitative estimate of drug-likeness (QED) is 0.0686. The summed E-state index contributed by atoms with van der Waals surface area (Å²) in [5.74, 6) is -2.17. The van der Waals surface area contributed by atoms with Gasteiger partial charge in [0.25, 0.3) is 0 Å². The molecule has 0 aromatic rings. The van der Waals surface area contributed by atoms with E-state index in [2.05, 4.69) is 16.0 Å². The van der Waals surface area contributed by atoms with Crippen molar-refractivity contribution in [3.8, 4) is 0 Å². The van der Waals surface area contributed by atoms with Gasteiger partial charge in [0.15, 0.2) is 25.2 Å². The first-order chi connectivity index (χ1) is 27.4. The maximum atomic E-state index is 12.7. The first-order valence-electron chi connectivity index (χ1n) is 18.6. The van der Waals surface area contributed by atoms with Crippen molar-refractivity contribution >= 4 is 17.7 Å². The molecular formula is C33H57N3O22. The normalized spacial score (nSPS) is 43.4. The molecule has 0 saturated carbocycles. The zero-order chi connectivity index (χ0) is 43.2. The average Bonchev–Trinajstić information content (AvgIpc) is 3.17. The van der Waals surface area contributed by atoms with Crippen molar-refractivity contribution in [1.82, 2.24) is 16.0 Å². The lowest BCUT2D eigenvalue weighted by Crippen LogP contribution is -2.72. The Hall–Kier alpha value is -2.35. The van der Waals surface area contributed by atoms with Crippen LogP contribution >= 0.6 is 0 Å². The van der Waals surface area contributed by atoms with Gasteiger partial charge in [-0.1, -0.05) is 0 Å². The van der Waals surface area contributed by atoms with Crippen molar-refractivity contribution in [2.24, 2.45) is 0 Å². The van der Waals surface area contributed by atoms with E-state index in [4.69, 9.17) is 37.9 Å². The molecule has 4 aliphatic rings. The van der Waals surface area contributed by atoms with Gasteiger partial charge in [-0.25, -0.2) is 0 Å². The second-order valence-corrected chi connectivity index (χ2v) is 14.4. The minimum Gasteiger partial charge on any atom is -0.394 e. The van der Waals surface area contributed by atoms with E-state index in [9.17, 15) is 70.6 Å². The van der Waals surface area contributed by atoms with Gasteiger partial charge in [0.2, 0.25) is 17.7 Å². The zero-order valence-corrected chi connectivity index (χ0v) is 32.1. The van der Waals surface area contributed by atoms with Crippen molar-refractivity contribution in [3.63, 3.8) is 0 Å². The Bertz CT molecular complexity index is 1330. The number of aliphatic hydroxyl groups excluding tert-OH is 11. The maximum absolute atomic E-state index is 12.7. The van der Waals surface area contributed by atoms with Crippen molar-refractivity contribution in [3.05, 3.63) is 0 Å². The summed E-state index contributed by atoms with van der Waals surface area (Å²) in [4.78, 5) is 37.5. The fourth-order valence-corrected chi connectivity index (χ4v) is 7.16. The molecular weight excluding hydrogens is 790 g/mol. The molecule has 4 fully saturated rings. The third kappa shape index (κ3) is 11.1. The molecule has 58 heavy (non-hydrogen) atoms. The minimum absolute atomic E-state index is 0.705. The van der Waals surface area contributed by atoms with Gasteiger partial charge in [0.1, 0.15) is 97.5 Å². The molecule has 4 saturated heterocycles. The summed E-state index contributed by atoms with van der Waals surface area (Å²) in [5.41, 5.74) is 0. The lowest BCUT2D eigenvalue weighted by atomic mass is 9.93. The monoisotopic (exact) mass is 847 g/mol. The van der Waals surface area contributed by atoms with Gasteiger partial charge in [-0.05, 0) is 6.92 Å². The third-order valence-electron chi connectivity index (χ3n) is 10.1. The van der Waals surface area contributed by atoms with Crippen molar-refractivity contribution in [2.75, 3.05) is 33.0 Å². The summed E-state index contributed by atoms with van der Waals surface area (Å²) in [5, 5.41) is 122. The van der Waals surface area contributed by atoms with Gasteiger partial charge < -0.3 is 110 Å². The molecule has 0 unspecified atom stereocenters. The molecule has 25 heteroatoms. The van der Waals surface area contributed by atoms with Crippen LogP contribution in [0.4, 0.5) is 0 Å². The summed E-state index contributed by atoms with van der Waals surface area (Å²) in [7, 11) is 0. The van der Waals surface area contributed by atoms with E-state index in [1.807, 2.05) is 0 Å². The lowest BCUT2D eigenvalue weighted by molar-refractivity contribution is -0.371. The Kier molecular flexibility index (Phi) is 17.9. The van der Waals surface area contributed by atoms with Crippen LogP contribution in [0.1, 0.15) is 27.7 Å². The van der Waals surface area contributed by atoms with E-state index in [0.717, 1.165) is 20.8 Å². The molecule has 4 heterocycles. The second-order valence-electron chi connectivity index (χ2n) is 14.4. The topological polar surface area (TPSA) is 384 Å². The molecule has 20 atom stereocenters. The molecule has 0 aromatic heterocycles. The van der Waals surface area contributed by atoms with Crippen LogP contribution in [0.3, 0.4) is 0 Å². The number of hydrogen-bond acceptors (Lipinski definition) is 22. The molecule has 0 aliphatic carbocycles. The predicted octanol–water partition coefficient (Wildman–Crippen LogP) is -8.91. The smallest absolute Gasteiger partial charge is 0.217 e. The Balaban J connectivity index is 1.76. The fraction of sp³-hybridized carbons (Fsp3) is 0.909. The van der Waals surface area contributed by atoms with Crippen LogP contribution in [0.15, 0.2) is 0 Å². The zero-order valence-electron chi connectivity index (χ0n) is 32.1. The van der Waals surface area contributed by atoms with Crippen molar-refractivity contribution in [2.45, 2.75) is 156 Å². The van der Waals surface area contributed by atoms with E-state index in [-0.39, 0.29) is 0 Å². The van der Waals surface area contributed by atoms with Crippen LogP contribution in [0.25, 0.3) is 0 Å². The SMILES string of the molecule is CC(=O)N[C@@H]1[C@H](O[C@@H]2[C@@H](NC(C)=O)[C@H](OC(CO)CO)O[C@H](CO)[C@H]2O[C@@H]2O[C@H](CO)[C@@H](O)[C@H](O)[C@H]2NC(C)=O)O[C@@H](C)[C@@H](O[C@@H]2O[C@H](CO)[C@@H](O)[C@H](O)[C@H]2O)[C@H]1O. The number of rotatable bonds is 16. The number of aliphatic hydroxyl groups is 11. The van der Waals surface area contributed by atoms with E-state index in [1.54, 1.807) is 0 Å². The van der Waals surface area contributed by atoms with E-state index < -0.39 is 179 Å². The third-order valence-corrected chi connectivity index (χ3v) is 10.1. The lowest BCUT2D eigenvalue weighted by Gasteiger charge is -2.51. The molecule has 0 spiro atoms. The Labute approximate surface area is 331 Å². The molecule has 0 bridgehead atoms. The summed E-state index contributed by atoms with van der Waals surface area (Å²) in [6.07, 6.45) is -29.4. The first kappa shape index (κ1) is 48.3. The van der Waals surface area contributed by atoms with E-state index >= 15 is 0 Å². The summed E-state index contributed by atoms with van der Waals surface area (Å²) in [6, 6.07) is -4.65. The molecule has 3 amide bonds. The highest BCUT2D eigenvalue weighted by Crippen LogP contribution is 2.35. The molecule has 336 valence electrons. The predicted molar refractivity (Wildman–Crippen MR) is 184 cm³/mol. The molecule has 0 aromatic carbocycles. The van der Waals surface area contributed by atoms with E-state index in [1.165, 1.54) is 6.92 Å². The van der Waals surface area contributed by atoms with E-state index in [0.29, 0.717) is 0 Å². The van der Waals surface area contributed by atoms with Crippen molar-refractivity contribution < 1.29 is 108 Å². The average molecular weight is 848 g/mol. The molecule has 25 nitrogen and oxygen atoms in total. The van der Waals surface area contributed by atoms with Gasteiger partial charge in [-0.15, -0.1) is 0 Å².